The predicted molar refractivity (Wildman–Crippen MR) is 68.4 cm³/mol. The van der Waals surface area contributed by atoms with Crippen LogP contribution in [-0.2, 0) is 6.42 Å². The van der Waals surface area contributed by atoms with Gasteiger partial charge in [-0.2, -0.15) is 0 Å². The summed E-state index contributed by atoms with van der Waals surface area (Å²) in [4.78, 5) is 0. The summed E-state index contributed by atoms with van der Waals surface area (Å²) in [5.74, 6) is 0. The van der Waals surface area contributed by atoms with Crippen molar-refractivity contribution in [3.63, 3.8) is 0 Å². The van der Waals surface area contributed by atoms with Crippen molar-refractivity contribution >= 4 is 0 Å². The molecule has 0 aromatic heterocycles. The minimum atomic E-state index is 1.18. The van der Waals surface area contributed by atoms with Crippen molar-refractivity contribution in [2.75, 3.05) is 0 Å². The highest BCUT2D eigenvalue weighted by Gasteiger charge is 2.17. The maximum Gasteiger partial charge on any atom is 0.0212 e. The highest BCUT2D eigenvalue weighted by atomic mass is 14.2. The first-order valence-corrected chi connectivity index (χ1v) is 5.95. The van der Waals surface area contributed by atoms with Crippen molar-refractivity contribution in [1.82, 2.24) is 0 Å². The van der Waals surface area contributed by atoms with Gasteiger partial charge in [-0.25, -0.2) is 0 Å². The second kappa shape index (κ2) is 3.79. The van der Waals surface area contributed by atoms with Crippen LogP contribution < -0.4 is 0 Å². The van der Waals surface area contributed by atoms with Gasteiger partial charge in [-0.3, -0.25) is 0 Å². The Hall–Kier alpha value is -1.56. The maximum atomic E-state index is 2.33. The highest BCUT2D eigenvalue weighted by molar-refractivity contribution is 5.81. The lowest BCUT2D eigenvalue weighted by atomic mass is 10.0. The van der Waals surface area contributed by atoms with E-state index in [4.69, 9.17) is 0 Å². The number of aryl methyl sites for hydroxylation is 1. The van der Waals surface area contributed by atoms with Crippen molar-refractivity contribution < 1.29 is 0 Å². The van der Waals surface area contributed by atoms with Gasteiger partial charge in [0.05, 0.1) is 0 Å². The van der Waals surface area contributed by atoms with Crippen molar-refractivity contribution in [1.29, 1.82) is 0 Å². The first kappa shape index (κ1) is 9.65. The Morgan fingerprint density at radius 2 is 1.69 bits per heavy atom. The number of hydrogen-bond acceptors (Lipinski definition) is 0. The van der Waals surface area contributed by atoms with Gasteiger partial charge in [0.1, 0.15) is 0 Å². The van der Waals surface area contributed by atoms with Gasteiger partial charge >= 0.3 is 0 Å². The second-order valence-corrected chi connectivity index (χ2v) is 4.40. The van der Waals surface area contributed by atoms with Crippen LogP contribution in [0.3, 0.4) is 0 Å². The van der Waals surface area contributed by atoms with Crippen molar-refractivity contribution in [3.8, 4) is 11.1 Å². The molecule has 1 radical (unpaired) electrons. The largest absolute Gasteiger partial charge is 0.0651 e. The van der Waals surface area contributed by atoms with E-state index in [9.17, 15) is 0 Å². The van der Waals surface area contributed by atoms with E-state index in [1.54, 1.807) is 0 Å². The first-order chi connectivity index (χ1) is 7.88. The Morgan fingerprint density at radius 3 is 2.56 bits per heavy atom. The summed E-state index contributed by atoms with van der Waals surface area (Å²) >= 11 is 0. The summed E-state index contributed by atoms with van der Waals surface area (Å²) in [6, 6.07) is 15.5. The Bertz CT molecular complexity index is 523. The number of hydrogen-bond donors (Lipinski definition) is 0. The smallest absolute Gasteiger partial charge is 0.0212 e. The summed E-state index contributed by atoms with van der Waals surface area (Å²) in [5, 5.41) is 0. The van der Waals surface area contributed by atoms with Crippen molar-refractivity contribution in [3.05, 3.63) is 65.6 Å². The molecule has 0 saturated heterocycles. The maximum absolute atomic E-state index is 2.33. The van der Waals surface area contributed by atoms with Crippen LogP contribution in [0.15, 0.2) is 42.5 Å². The number of rotatable bonds is 2. The number of fused-ring (bicyclic) bond motifs is 3. The third-order valence-electron chi connectivity index (χ3n) is 3.22. The summed E-state index contributed by atoms with van der Waals surface area (Å²) in [6.45, 7) is 2.23. The molecule has 0 heterocycles. The fraction of sp³-hybridized carbons (Fsp3) is 0.188. The molecule has 0 fully saturated rings. The molecule has 0 amide bonds. The Kier molecular flexibility index (Phi) is 2.28. The van der Waals surface area contributed by atoms with Gasteiger partial charge in [-0.1, -0.05) is 55.8 Å². The lowest BCUT2D eigenvalue weighted by Crippen LogP contribution is -1.85. The minimum absolute atomic E-state index is 1.18. The van der Waals surface area contributed by atoms with Crippen LogP contribution in [0.1, 0.15) is 30.0 Å². The third-order valence-corrected chi connectivity index (χ3v) is 3.22. The van der Waals surface area contributed by atoms with Gasteiger partial charge in [0, 0.05) is 6.42 Å². The zero-order chi connectivity index (χ0) is 11.0. The third kappa shape index (κ3) is 1.46. The lowest BCUT2D eigenvalue weighted by molar-refractivity contribution is 0.921. The van der Waals surface area contributed by atoms with Crippen LogP contribution in [0.4, 0.5) is 0 Å². The van der Waals surface area contributed by atoms with Crippen molar-refractivity contribution in [2.24, 2.45) is 0 Å². The SMILES string of the molecule is CCCc1ccc2c(c1)[CH]c1ccccc1-2. The normalized spacial score (nSPS) is 12.3. The van der Waals surface area contributed by atoms with Gasteiger partial charge in [0.15, 0.2) is 0 Å². The van der Waals surface area contributed by atoms with E-state index in [1.807, 2.05) is 0 Å². The molecule has 0 nitrogen and oxygen atoms in total. The van der Waals surface area contributed by atoms with Gasteiger partial charge in [-0.05, 0) is 34.2 Å². The zero-order valence-electron chi connectivity index (χ0n) is 9.53. The van der Waals surface area contributed by atoms with E-state index < -0.39 is 0 Å². The molecule has 0 aliphatic heterocycles. The van der Waals surface area contributed by atoms with Crippen LogP contribution in [-0.4, -0.2) is 0 Å². The summed E-state index contributed by atoms with van der Waals surface area (Å²) in [6.07, 6.45) is 4.69. The van der Waals surface area contributed by atoms with Crippen LogP contribution in [0.2, 0.25) is 0 Å². The van der Waals surface area contributed by atoms with Crippen LogP contribution >= 0.6 is 0 Å². The van der Waals surface area contributed by atoms with E-state index in [-0.39, 0.29) is 0 Å². The quantitative estimate of drug-likeness (QED) is 0.590. The molecule has 0 spiro atoms. The molecule has 1 aliphatic rings. The molecule has 16 heavy (non-hydrogen) atoms. The van der Waals surface area contributed by atoms with Gasteiger partial charge in [-0.15, -0.1) is 0 Å². The fourth-order valence-electron chi connectivity index (χ4n) is 2.46. The second-order valence-electron chi connectivity index (χ2n) is 4.40. The average Bonchev–Trinajstić information content (AvgIpc) is 2.67. The van der Waals surface area contributed by atoms with E-state index in [1.165, 1.54) is 40.7 Å². The van der Waals surface area contributed by atoms with Crippen LogP contribution in [0, 0.1) is 6.42 Å². The molecular formula is C16H15. The zero-order valence-corrected chi connectivity index (χ0v) is 9.53. The molecule has 0 saturated carbocycles. The molecule has 1 aliphatic carbocycles. The molecule has 0 N–H and O–H groups in total. The summed E-state index contributed by atoms with van der Waals surface area (Å²) < 4.78 is 0. The van der Waals surface area contributed by atoms with Crippen LogP contribution in [0.5, 0.6) is 0 Å². The van der Waals surface area contributed by atoms with Gasteiger partial charge in [0.25, 0.3) is 0 Å². The summed E-state index contributed by atoms with van der Waals surface area (Å²) in [5.41, 5.74) is 6.94. The first-order valence-electron chi connectivity index (χ1n) is 5.95. The fourth-order valence-corrected chi connectivity index (χ4v) is 2.46. The van der Waals surface area contributed by atoms with E-state index in [2.05, 4.69) is 55.8 Å². The minimum Gasteiger partial charge on any atom is -0.0651 e. The molecular weight excluding hydrogens is 192 g/mol. The van der Waals surface area contributed by atoms with E-state index in [0.717, 1.165) is 0 Å². The average molecular weight is 207 g/mol. The molecule has 2 aromatic carbocycles. The van der Waals surface area contributed by atoms with Crippen LogP contribution in [0.25, 0.3) is 11.1 Å². The number of benzene rings is 2. The van der Waals surface area contributed by atoms with E-state index >= 15 is 0 Å². The Labute approximate surface area is 96.9 Å². The predicted octanol–water partition coefficient (Wildman–Crippen LogP) is 4.22. The van der Waals surface area contributed by atoms with Gasteiger partial charge < -0.3 is 0 Å². The van der Waals surface area contributed by atoms with Crippen molar-refractivity contribution in [2.45, 2.75) is 19.8 Å². The summed E-state index contributed by atoms with van der Waals surface area (Å²) in [7, 11) is 0. The topological polar surface area (TPSA) is 0 Å². The highest BCUT2D eigenvalue weighted by Crippen LogP contribution is 2.38. The monoisotopic (exact) mass is 207 g/mol. The lowest BCUT2D eigenvalue weighted by Gasteiger charge is -2.03. The molecule has 0 unspecified atom stereocenters. The molecule has 0 atom stereocenters. The Morgan fingerprint density at radius 1 is 0.875 bits per heavy atom. The molecule has 0 bridgehead atoms. The standard InChI is InChI=1S/C16H15/c1-2-5-12-8-9-16-14(10-12)11-13-6-3-4-7-15(13)16/h3-4,6-11H,2,5H2,1H3. The van der Waals surface area contributed by atoms with E-state index in [0.29, 0.717) is 0 Å². The molecule has 3 rings (SSSR count). The van der Waals surface area contributed by atoms with Gasteiger partial charge in [0.2, 0.25) is 0 Å². The molecule has 0 heteroatoms. The Balaban J connectivity index is 2.07. The molecule has 79 valence electrons. The molecule has 2 aromatic rings.